The molecule has 2 aromatic carbocycles. The molecule has 0 aromatic heterocycles. The smallest absolute Gasteiger partial charge is 0.142 e. The highest BCUT2D eigenvalue weighted by Crippen LogP contribution is 2.43. The molecule has 0 aliphatic carbocycles. The third-order valence-corrected chi connectivity index (χ3v) is 6.20. The molecule has 4 heteroatoms. The molecule has 2 aliphatic heterocycles. The van der Waals surface area contributed by atoms with Gasteiger partial charge in [0.05, 0.1) is 12.0 Å². The molecule has 1 N–H and O–H groups in total. The van der Waals surface area contributed by atoms with Crippen molar-refractivity contribution in [2.24, 2.45) is 5.92 Å². The Bertz CT molecular complexity index is 746. The van der Waals surface area contributed by atoms with Gasteiger partial charge in [-0.25, -0.2) is 0 Å². The Labute approximate surface area is 156 Å². The summed E-state index contributed by atoms with van der Waals surface area (Å²) in [5.74, 6) is -0.115. The third-order valence-electron chi connectivity index (χ3n) is 5.67. The van der Waals surface area contributed by atoms with Crippen LogP contribution >= 0.6 is 15.9 Å². The number of benzene rings is 2. The maximum atomic E-state index is 12.7. The molecule has 0 spiro atoms. The minimum absolute atomic E-state index is 0.130. The molecule has 0 amide bonds. The van der Waals surface area contributed by atoms with Crippen molar-refractivity contribution in [3.8, 4) is 0 Å². The number of piperidine rings is 1. The van der Waals surface area contributed by atoms with Gasteiger partial charge in [-0.3, -0.25) is 9.69 Å². The number of rotatable bonds is 4. The first-order chi connectivity index (χ1) is 12.1. The molecule has 2 aliphatic rings. The molecular formula is C21H22BrNO2. The largest absolute Gasteiger partial charge is 0.388 e. The Balaban J connectivity index is 1.59. The fourth-order valence-corrected chi connectivity index (χ4v) is 4.71. The lowest BCUT2D eigenvalue weighted by Gasteiger charge is -2.41. The van der Waals surface area contributed by atoms with Gasteiger partial charge < -0.3 is 5.11 Å². The van der Waals surface area contributed by atoms with Crippen molar-refractivity contribution in [3.05, 3.63) is 70.2 Å². The molecule has 4 atom stereocenters. The van der Waals surface area contributed by atoms with Crippen LogP contribution in [-0.4, -0.2) is 27.9 Å². The summed E-state index contributed by atoms with van der Waals surface area (Å²) in [4.78, 5) is 15.2. The summed E-state index contributed by atoms with van der Waals surface area (Å²) in [5, 5.41) is 10.9. The molecule has 25 heavy (non-hydrogen) atoms. The van der Waals surface area contributed by atoms with Crippen LogP contribution in [-0.2, 0) is 11.3 Å². The number of hydrogen-bond acceptors (Lipinski definition) is 3. The van der Waals surface area contributed by atoms with Crippen molar-refractivity contribution in [2.75, 3.05) is 0 Å². The summed E-state index contributed by atoms with van der Waals surface area (Å²) in [6.07, 6.45) is 1.86. The van der Waals surface area contributed by atoms with E-state index in [1.165, 1.54) is 5.56 Å². The standard InChI is InChI=1S/C21H22BrNO2/c22-16-8-6-15(7-9-16)21(25)20-18-11-10-17(12-19(20)24)23(18)13-14-4-2-1-3-5-14/h1-9,17-18,20-21,25H,10-13H2/t17-,18+,20+,21-/m0/s1. The van der Waals surface area contributed by atoms with Crippen LogP contribution in [0.15, 0.2) is 59.1 Å². The van der Waals surface area contributed by atoms with Crippen LogP contribution in [0.5, 0.6) is 0 Å². The van der Waals surface area contributed by atoms with Gasteiger partial charge >= 0.3 is 0 Å². The van der Waals surface area contributed by atoms with Crippen molar-refractivity contribution >= 4 is 21.7 Å². The monoisotopic (exact) mass is 399 g/mol. The summed E-state index contributed by atoms with van der Waals surface area (Å²) in [7, 11) is 0. The fraction of sp³-hybridized carbons (Fsp3) is 0.381. The number of carbonyl (C=O) groups excluding carboxylic acids is 1. The topological polar surface area (TPSA) is 40.5 Å². The van der Waals surface area contributed by atoms with Gasteiger partial charge in [0, 0.05) is 29.5 Å². The summed E-state index contributed by atoms with van der Waals surface area (Å²) in [6.45, 7) is 0.854. The zero-order chi connectivity index (χ0) is 17.4. The van der Waals surface area contributed by atoms with E-state index < -0.39 is 6.10 Å². The van der Waals surface area contributed by atoms with Gasteiger partial charge in [0.25, 0.3) is 0 Å². The minimum Gasteiger partial charge on any atom is -0.388 e. The Morgan fingerprint density at radius 1 is 1.08 bits per heavy atom. The molecule has 2 bridgehead atoms. The Morgan fingerprint density at radius 2 is 1.80 bits per heavy atom. The number of ketones is 1. The second-order valence-electron chi connectivity index (χ2n) is 7.15. The van der Waals surface area contributed by atoms with E-state index in [4.69, 9.17) is 0 Å². The molecular weight excluding hydrogens is 378 g/mol. The summed E-state index contributed by atoms with van der Waals surface area (Å²) < 4.78 is 0.977. The van der Waals surface area contributed by atoms with Crippen LogP contribution in [0.1, 0.15) is 36.5 Å². The molecule has 2 aromatic rings. The van der Waals surface area contributed by atoms with E-state index in [2.05, 4.69) is 45.1 Å². The van der Waals surface area contributed by atoms with Crippen LogP contribution in [0.3, 0.4) is 0 Å². The normalized spacial score (nSPS) is 27.4. The summed E-state index contributed by atoms with van der Waals surface area (Å²) in [6, 6.07) is 18.5. The Hall–Kier alpha value is -1.49. The van der Waals surface area contributed by atoms with Gasteiger partial charge in [0.1, 0.15) is 5.78 Å². The maximum absolute atomic E-state index is 12.7. The zero-order valence-electron chi connectivity index (χ0n) is 14.0. The number of aliphatic hydroxyl groups excluding tert-OH is 1. The number of Topliss-reactive ketones (excluding diaryl/α,β-unsaturated/α-hetero) is 1. The van der Waals surface area contributed by atoms with Crippen LogP contribution in [0.4, 0.5) is 0 Å². The average molecular weight is 400 g/mol. The van der Waals surface area contributed by atoms with Crippen molar-refractivity contribution in [3.63, 3.8) is 0 Å². The van der Waals surface area contributed by atoms with E-state index in [0.717, 1.165) is 29.4 Å². The maximum Gasteiger partial charge on any atom is 0.142 e. The molecule has 2 heterocycles. The average Bonchev–Trinajstić information content (AvgIpc) is 2.89. The van der Waals surface area contributed by atoms with Crippen molar-refractivity contribution in [1.82, 2.24) is 4.90 Å². The van der Waals surface area contributed by atoms with Gasteiger partial charge in [-0.15, -0.1) is 0 Å². The van der Waals surface area contributed by atoms with Crippen molar-refractivity contribution in [1.29, 1.82) is 0 Å². The second kappa shape index (κ2) is 7.02. The van der Waals surface area contributed by atoms with E-state index in [-0.39, 0.29) is 17.7 Å². The lowest BCUT2D eigenvalue weighted by Crippen LogP contribution is -2.50. The van der Waals surface area contributed by atoms with E-state index in [1.54, 1.807) is 0 Å². The first-order valence-corrected chi connectivity index (χ1v) is 9.68. The van der Waals surface area contributed by atoms with Gasteiger partial charge in [-0.2, -0.15) is 0 Å². The number of aliphatic hydroxyl groups is 1. The van der Waals surface area contributed by atoms with E-state index >= 15 is 0 Å². The van der Waals surface area contributed by atoms with Crippen LogP contribution in [0.2, 0.25) is 0 Å². The van der Waals surface area contributed by atoms with Crippen LogP contribution in [0.25, 0.3) is 0 Å². The second-order valence-corrected chi connectivity index (χ2v) is 8.06. The van der Waals surface area contributed by atoms with E-state index in [9.17, 15) is 9.90 Å². The lowest BCUT2D eigenvalue weighted by atomic mass is 9.81. The van der Waals surface area contributed by atoms with Gasteiger partial charge in [0.2, 0.25) is 0 Å². The molecule has 130 valence electrons. The van der Waals surface area contributed by atoms with Crippen molar-refractivity contribution < 1.29 is 9.90 Å². The number of nitrogens with zero attached hydrogens (tertiary/aromatic N) is 1. The highest BCUT2D eigenvalue weighted by atomic mass is 79.9. The van der Waals surface area contributed by atoms with E-state index in [0.29, 0.717) is 12.5 Å². The predicted octanol–water partition coefficient (Wildman–Crippen LogP) is 4.10. The quantitative estimate of drug-likeness (QED) is 0.840. The number of hydrogen-bond donors (Lipinski definition) is 1. The highest BCUT2D eigenvalue weighted by Gasteiger charge is 2.49. The van der Waals surface area contributed by atoms with Crippen LogP contribution < -0.4 is 0 Å². The minimum atomic E-state index is -0.733. The molecule has 0 saturated carbocycles. The molecule has 4 rings (SSSR count). The van der Waals surface area contributed by atoms with Crippen LogP contribution in [0, 0.1) is 5.92 Å². The molecule has 0 radical (unpaired) electrons. The molecule has 2 saturated heterocycles. The SMILES string of the molecule is O=C1C[C@@H]2CC[C@H]([C@H]1[C@@H](O)c1ccc(Br)cc1)N2Cc1ccccc1. The van der Waals surface area contributed by atoms with Gasteiger partial charge in [0.15, 0.2) is 0 Å². The predicted molar refractivity (Wildman–Crippen MR) is 101 cm³/mol. The lowest BCUT2D eigenvalue weighted by molar-refractivity contribution is -0.135. The number of halogens is 1. The van der Waals surface area contributed by atoms with Crippen molar-refractivity contribution in [2.45, 2.75) is 44.0 Å². The van der Waals surface area contributed by atoms with E-state index in [1.807, 2.05) is 30.3 Å². The fourth-order valence-electron chi connectivity index (χ4n) is 4.45. The Kier molecular flexibility index (Phi) is 4.76. The number of fused-ring (bicyclic) bond motifs is 2. The highest BCUT2D eigenvalue weighted by molar-refractivity contribution is 9.10. The molecule has 2 fully saturated rings. The summed E-state index contributed by atoms with van der Waals surface area (Å²) >= 11 is 3.42. The molecule has 3 nitrogen and oxygen atoms in total. The third kappa shape index (κ3) is 3.31. The number of carbonyl (C=O) groups is 1. The zero-order valence-corrected chi connectivity index (χ0v) is 15.6. The Morgan fingerprint density at radius 3 is 2.52 bits per heavy atom. The molecule has 0 unspecified atom stereocenters. The first kappa shape index (κ1) is 17.0. The van der Waals surface area contributed by atoms with Gasteiger partial charge in [-0.1, -0.05) is 58.4 Å². The summed E-state index contributed by atoms with van der Waals surface area (Å²) in [5.41, 5.74) is 2.09. The van der Waals surface area contributed by atoms with Gasteiger partial charge in [-0.05, 0) is 36.1 Å². The first-order valence-electron chi connectivity index (χ1n) is 8.89.